The fraction of sp³-hybridized carbons (Fsp3) is 0.278. The summed E-state index contributed by atoms with van der Waals surface area (Å²) < 4.78 is 0. The van der Waals surface area contributed by atoms with E-state index in [0.717, 1.165) is 40.5 Å². The van der Waals surface area contributed by atoms with Crippen LogP contribution in [0.5, 0.6) is 0 Å². The van der Waals surface area contributed by atoms with Crippen molar-refractivity contribution in [1.29, 1.82) is 0 Å². The number of nitrogens with zero attached hydrogens (tertiary/aromatic N) is 3. The van der Waals surface area contributed by atoms with Crippen molar-refractivity contribution in [2.24, 2.45) is 0 Å². The third-order valence-electron chi connectivity index (χ3n) is 7.92. The van der Waals surface area contributed by atoms with Crippen LogP contribution in [0.3, 0.4) is 0 Å². The Bertz CT molecular complexity index is 1500. The molecule has 3 heterocycles. The molecule has 0 saturated carbocycles. The van der Waals surface area contributed by atoms with Crippen LogP contribution in [-0.2, 0) is 17.4 Å². The maximum Gasteiger partial charge on any atom is 0.161 e. The fourth-order valence-corrected chi connectivity index (χ4v) is 5.48. The van der Waals surface area contributed by atoms with Gasteiger partial charge in [-0.1, -0.05) is 126 Å². The quantitative estimate of drug-likeness (QED) is 0.275. The first-order chi connectivity index (χ1) is 18.6. The summed E-state index contributed by atoms with van der Waals surface area (Å²) in [5.74, 6) is 0.757. The minimum Gasteiger partial charge on any atom is -0.362 e. The predicted molar refractivity (Wildman–Crippen MR) is 162 cm³/mol. The number of benzene rings is 3. The second-order valence-electron chi connectivity index (χ2n) is 12.9. The molecule has 3 aromatic carbocycles. The van der Waals surface area contributed by atoms with Crippen LogP contribution in [0.15, 0.2) is 97.2 Å². The van der Waals surface area contributed by atoms with Gasteiger partial charge in [-0.25, -0.2) is 9.97 Å². The molecule has 1 aromatic heterocycles. The first-order valence-electron chi connectivity index (χ1n) is 13.9. The Morgan fingerprint density at radius 2 is 1.23 bits per heavy atom. The average molecular weight is 512 g/mol. The average Bonchev–Trinajstić information content (AvgIpc) is 3.30. The molecule has 0 bridgehead atoms. The molecule has 6 rings (SSSR count). The molecule has 3 heteroatoms. The van der Waals surface area contributed by atoms with Gasteiger partial charge in [-0.05, 0) is 39.2 Å². The lowest BCUT2D eigenvalue weighted by Crippen LogP contribution is -2.17. The van der Waals surface area contributed by atoms with Crippen molar-refractivity contribution in [2.45, 2.75) is 65.0 Å². The van der Waals surface area contributed by atoms with Gasteiger partial charge >= 0.3 is 0 Å². The lowest BCUT2D eigenvalue weighted by molar-refractivity contribution is 0.351. The molecule has 0 saturated heterocycles. The van der Waals surface area contributed by atoms with Crippen molar-refractivity contribution >= 4 is 5.57 Å². The summed E-state index contributed by atoms with van der Waals surface area (Å²) in [4.78, 5) is 12.6. The van der Waals surface area contributed by atoms with Crippen molar-refractivity contribution in [3.63, 3.8) is 0 Å². The first kappa shape index (κ1) is 25.3. The van der Waals surface area contributed by atoms with E-state index in [1.165, 1.54) is 22.3 Å². The molecule has 0 aliphatic carbocycles. The molecule has 4 aromatic rings. The van der Waals surface area contributed by atoms with Crippen molar-refractivity contribution in [2.75, 3.05) is 0 Å². The maximum atomic E-state index is 5.11. The monoisotopic (exact) mass is 511 g/mol. The molecule has 1 atom stereocenters. The highest BCUT2D eigenvalue weighted by Crippen LogP contribution is 2.39. The Morgan fingerprint density at radius 1 is 0.692 bits per heavy atom. The Kier molecular flexibility index (Phi) is 6.06. The summed E-state index contributed by atoms with van der Waals surface area (Å²) in [5, 5.41) is 0. The van der Waals surface area contributed by atoms with Crippen molar-refractivity contribution in [3.05, 3.63) is 125 Å². The first-order valence-corrected chi connectivity index (χ1v) is 13.9. The highest BCUT2D eigenvalue weighted by molar-refractivity contribution is 5.76. The normalized spacial score (nSPS) is 16.6. The van der Waals surface area contributed by atoms with Gasteiger partial charge in [0.15, 0.2) is 5.82 Å². The molecule has 39 heavy (non-hydrogen) atoms. The summed E-state index contributed by atoms with van der Waals surface area (Å²) >= 11 is 0. The summed E-state index contributed by atoms with van der Waals surface area (Å²) in [6, 6.07) is 28.8. The molecular formula is C36H37N3. The lowest BCUT2D eigenvalue weighted by atomic mass is 9.86. The molecule has 0 radical (unpaired) electrons. The van der Waals surface area contributed by atoms with Crippen LogP contribution in [0.4, 0.5) is 0 Å². The van der Waals surface area contributed by atoms with Crippen LogP contribution in [0.25, 0.3) is 28.1 Å². The predicted octanol–water partition coefficient (Wildman–Crippen LogP) is 8.87. The van der Waals surface area contributed by atoms with E-state index in [1.807, 2.05) is 0 Å². The van der Waals surface area contributed by atoms with Gasteiger partial charge in [0.05, 0.1) is 17.4 Å². The van der Waals surface area contributed by atoms with Gasteiger partial charge in [-0.3, -0.25) is 0 Å². The molecule has 0 spiro atoms. The van der Waals surface area contributed by atoms with Gasteiger partial charge < -0.3 is 4.90 Å². The zero-order valence-corrected chi connectivity index (χ0v) is 23.9. The molecule has 0 amide bonds. The highest BCUT2D eigenvalue weighted by Gasteiger charge is 2.29. The third kappa shape index (κ3) is 4.94. The standard InChI is InChI=1S/C36H37N3/c1-35(2,3)28-16-11-24(12-17-28)31-21-32(25-13-18-29(19-14-25)36(4,5)6)38-34(37-31)27-15-20-33-30-10-8-7-9-26(30)22-39(33)23-27/h7-21,23,33H,22H2,1-6H3. The summed E-state index contributed by atoms with van der Waals surface area (Å²) in [7, 11) is 0. The van der Waals surface area contributed by atoms with Gasteiger partial charge in [0.25, 0.3) is 0 Å². The van der Waals surface area contributed by atoms with E-state index in [-0.39, 0.29) is 16.9 Å². The maximum absolute atomic E-state index is 5.11. The smallest absolute Gasteiger partial charge is 0.161 e. The number of fused-ring (bicyclic) bond motifs is 3. The van der Waals surface area contributed by atoms with Gasteiger partial charge in [-0.15, -0.1) is 0 Å². The number of allylic oxidation sites excluding steroid dienone is 2. The lowest BCUT2D eigenvalue weighted by Gasteiger charge is -2.25. The topological polar surface area (TPSA) is 29.0 Å². The minimum atomic E-state index is 0.108. The van der Waals surface area contributed by atoms with E-state index in [4.69, 9.17) is 9.97 Å². The molecular weight excluding hydrogens is 474 g/mol. The molecule has 2 aliphatic rings. The Morgan fingerprint density at radius 3 is 1.77 bits per heavy atom. The molecule has 1 unspecified atom stereocenters. The van der Waals surface area contributed by atoms with E-state index < -0.39 is 0 Å². The third-order valence-corrected chi connectivity index (χ3v) is 7.92. The zero-order chi connectivity index (χ0) is 27.4. The second-order valence-corrected chi connectivity index (χ2v) is 12.9. The Labute approximate surface area is 233 Å². The van der Waals surface area contributed by atoms with Crippen molar-refractivity contribution in [3.8, 4) is 22.5 Å². The Balaban J connectivity index is 1.42. The molecule has 2 aliphatic heterocycles. The van der Waals surface area contributed by atoms with Crippen molar-refractivity contribution in [1.82, 2.24) is 14.9 Å². The largest absolute Gasteiger partial charge is 0.362 e. The molecule has 3 nitrogen and oxygen atoms in total. The van der Waals surface area contributed by atoms with E-state index in [2.05, 4.69) is 144 Å². The fourth-order valence-electron chi connectivity index (χ4n) is 5.48. The number of hydrogen-bond acceptors (Lipinski definition) is 3. The summed E-state index contributed by atoms with van der Waals surface area (Å²) in [6.45, 7) is 14.4. The number of hydrogen-bond donors (Lipinski definition) is 0. The Hall–Kier alpha value is -3.98. The second kappa shape index (κ2) is 9.34. The molecule has 0 fully saturated rings. The van der Waals surface area contributed by atoms with Crippen LogP contribution >= 0.6 is 0 Å². The van der Waals surface area contributed by atoms with Crippen LogP contribution < -0.4 is 0 Å². The van der Waals surface area contributed by atoms with Crippen LogP contribution in [0.2, 0.25) is 0 Å². The van der Waals surface area contributed by atoms with Gasteiger partial charge in [-0.2, -0.15) is 0 Å². The van der Waals surface area contributed by atoms with Crippen molar-refractivity contribution < 1.29 is 0 Å². The highest BCUT2D eigenvalue weighted by atomic mass is 15.2. The summed E-state index contributed by atoms with van der Waals surface area (Å²) in [5.41, 5.74) is 10.8. The van der Waals surface area contributed by atoms with E-state index in [9.17, 15) is 0 Å². The van der Waals surface area contributed by atoms with Gasteiger partial charge in [0.2, 0.25) is 0 Å². The van der Waals surface area contributed by atoms with Gasteiger partial charge in [0, 0.05) is 29.4 Å². The minimum absolute atomic E-state index is 0.108. The van der Waals surface area contributed by atoms with Crippen LogP contribution in [-0.4, -0.2) is 14.9 Å². The molecule has 0 N–H and O–H groups in total. The van der Waals surface area contributed by atoms with Gasteiger partial charge in [0.1, 0.15) is 0 Å². The van der Waals surface area contributed by atoms with Crippen LogP contribution in [0, 0.1) is 0 Å². The van der Waals surface area contributed by atoms with E-state index in [1.54, 1.807) is 0 Å². The van der Waals surface area contributed by atoms with E-state index in [0.29, 0.717) is 0 Å². The zero-order valence-electron chi connectivity index (χ0n) is 23.9. The molecule has 196 valence electrons. The number of aromatic nitrogens is 2. The van der Waals surface area contributed by atoms with Crippen LogP contribution in [0.1, 0.15) is 75.7 Å². The van der Waals surface area contributed by atoms with E-state index >= 15 is 0 Å². The summed E-state index contributed by atoms with van der Waals surface area (Å²) in [6.07, 6.45) is 6.71. The number of rotatable bonds is 3. The SMILES string of the molecule is CC(C)(C)c1ccc(-c2cc(-c3ccc(C(C)(C)C)cc3)nc(C3=CN4Cc5ccccc5C4C=C3)n2)cc1.